The molecule has 4 aromatic rings. The Balaban J connectivity index is 1.67. The Bertz CT molecular complexity index is 1270. The first-order chi connectivity index (χ1) is 13.2. The van der Waals surface area contributed by atoms with Gasteiger partial charge in [0.15, 0.2) is 5.58 Å². The molecule has 3 aromatic carbocycles. The highest BCUT2D eigenvalue weighted by Gasteiger charge is 2.31. The Morgan fingerprint density at radius 1 is 1.00 bits per heavy atom. The van der Waals surface area contributed by atoms with Crippen molar-refractivity contribution in [3.63, 3.8) is 0 Å². The van der Waals surface area contributed by atoms with Gasteiger partial charge in [0.05, 0.1) is 11.4 Å². The van der Waals surface area contributed by atoms with Crippen molar-refractivity contribution >= 4 is 44.8 Å². The summed E-state index contributed by atoms with van der Waals surface area (Å²) in [6.07, 6.45) is 0. The molecule has 0 fully saturated rings. The van der Waals surface area contributed by atoms with Gasteiger partial charge in [-0.25, -0.2) is 4.79 Å². The van der Waals surface area contributed by atoms with Gasteiger partial charge in [0.2, 0.25) is 5.96 Å². The Kier molecular flexibility index (Phi) is 3.31. The zero-order valence-corrected chi connectivity index (χ0v) is 14.8. The van der Waals surface area contributed by atoms with Crippen LogP contribution in [0.1, 0.15) is 6.92 Å². The third-order valence-electron chi connectivity index (χ3n) is 5.04. The monoisotopic (exact) mass is 355 g/mol. The van der Waals surface area contributed by atoms with Crippen molar-refractivity contribution in [3.8, 4) is 0 Å². The van der Waals surface area contributed by atoms with Crippen LogP contribution < -0.4 is 15.4 Å². The molecule has 132 valence electrons. The van der Waals surface area contributed by atoms with E-state index in [0.717, 1.165) is 27.5 Å². The van der Waals surface area contributed by atoms with Crippen LogP contribution in [0, 0.1) is 5.41 Å². The number of anilines is 3. The van der Waals surface area contributed by atoms with Crippen LogP contribution in [0.5, 0.6) is 0 Å². The Morgan fingerprint density at radius 3 is 2.59 bits per heavy atom. The lowest BCUT2D eigenvalue weighted by atomic mass is 10.1. The number of nitrogens with zero attached hydrogens (tertiary/aromatic N) is 2. The molecule has 0 spiro atoms. The fourth-order valence-electron chi connectivity index (χ4n) is 3.81. The van der Waals surface area contributed by atoms with Crippen LogP contribution in [0.25, 0.3) is 21.7 Å². The number of fused-ring (bicyclic) bond motifs is 2. The lowest BCUT2D eigenvalue weighted by Crippen LogP contribution is -2.44. The number of rotatable bonds is 2. The van der Waals surface area contributed by atoms with Crippen LogP contribution in [0.2, 0.25) is 0 Å². The predicted molar refractivity (Wildman–Crippen MR) is 109 cm³/mol. The van der Waals surface area contributed by atoms with Crippen molar-refractivity contribution < 1.29 is 4.42 Å². The topological polar surface area (TPSA) is 60.5 Å². The molecule has 2 aliphatic heterocycles. The largest absolute Gasteiger partial charge is 0.419 e. The van der Waals surface area contributed by atoms with E-state index < -0.39 is 5.63 Å². The number of hydrogen-bond acceptors (Lipinski definition) is 3. The van der Waals surface area contributed by atoms with Gasteiger partial charge < -0.3 is 9.32 Å². The lowest BCUT2D eigenvalue weighted by molar-refractivity contribution is 0.555. The molecule has 2 aliphatic rings. The third-order valence-corrected chi connectivity index (χ3v) is 5.04. The third kappa shape index (κ3) is 2.18. The summed E-state index contributed by atoms with van der Waals surface area (Å²) >= 11 is 0. The maximum atomic E-state index is 12.3. The molecule has 3 heterocycles. The molecular weight excluding hydrogens is 338 g/mol. The highest BCUT2D eigenvalue weighted by Crippen LogP contribution is 2.38. The zero-order valence-electron chi connectivity index (χ0n) is 14.8. The second-order valence-electron chi connectivity index (χ2n) is 6.52. The summed E-state index contributed by atoms with van der Waals surface area (Å²) < 4.78 is 5.42. The maximum absolute atomic E-state index is 12.3. The first kappa shape index (κ1) is 15.6. The summed E-state index contributed by atoms with van der Waals surface area (Å²) in [6.45, 7) is 2.60. The fraction of sp³-hybridized carbons (Fsp3) is 0.0909. The molecule has 0 saturated heterocycles. The van der Waals surface area contributed by atoms with E-state index in [2.05, 4.69) is 18.2 Å². The Hall–Kier alpha value is -3.60. The average molecular weight is 355 g/mol. The van der Waals surface area contributed by atoms with E-state index in [0.29, 0.717) is 17.8 Å². The molecule has 0 radical (unpaired) electrons. The summed E-state index contributed by atoms with van der Waals surface area (Å²) in [4.78, 5) is 15.9. The molecule has 0 aliphatic carbocycles. The molecule has 1 N–H and O–H groups in total. The van der Waals surface area contributed by atoms with Crippen molar-refractivity contribution in [3.05, 3.63) is 77.2 Å². The van der Waals surface area contributed by atoms with E-state index in [4.69, 9.17) is 9.83 Å². The lowest BCUT2D eigenvalue weighted by Gasteiger charge is -2.35. The predicted octanol–water partition coefficient (Wildman–Crippen LogP) is 4.86. The Labute approximate surface area is 155 Å². The second-order valence-corrected chi connectivity index (χ2v) is 6.52. The van der Waals surface area contributed by atoms with Crippen LogP contribution >= 0.6 is 0 Å². The van der Waals surface area contributed by atoms with E-state index in [1.54, 1.807) is 11.0 Å². The van der Waals surface area contributed by atoms with Crippen molar-refractivity contribution in [2.45, 2.75) is 6.92 Å². The summed E-state index contributed by atoms with van der Waals surface area (Å²) in [5.74, 6) is 0.231. The maximum Gasteiger partial charge on any atom is 0.360 e. The zero-order chi connectivity index (χ0) is 18.5. The molecule has 0 amide bonds. The van der Waals surface area contributed by atoms with Gasteiger partial charge in [0, 0.05) is 17.3 Å². The first-order valence-electron chi connectivity index (χ1n) is 8.90. The van der Waals surface area contributed by atoms with Gasteiger partial charge >= 0.3 is 5.63 Å². The van der Waals surface area contributed by atoms with Gasteiger partial charge in [0.25, 0.3) is 0 Å². The van der Waals surface area contributed by atoms with Crippen molar-refractivity contribution in [1.29, 1.82) is 5.41 Å². The minimum atomic E-state index is -0.417. The number of guanidine groups is 1. The van der Waals surface area contributed by atoms with E-state index in [1.165, 1.54) is 0 Å². The highest BCUT2D eigenvalue weighted by molar-refractivity contribution is 6.17. The molecule has 6 rings (SSSR count). The summed E-state index contributed by atoms with van der Waals surface area (Å²) in [6, 6.07) is 21.7. The van der Waals surface area contributed by atoms with Gasteiger partial charge in [-0.15, -0.1) is 0 Å². The molecule has 1 aromatic heterocycles. The van der Waals surface area contributed by atoms with Gasteiger partial charge in [-0.1, -0.05) is 48.5 Å². The van der Waals surface area contributed by atoms with Gasteiger partial charge in [0.1, 0.15) is 5.69 Å². The van der Waals surface area contributed by atoms with Crippen molar-refractivity contribution in [2.75, 3.05) is 16.3 Å². The molecule has 5 nitrogen and oxygen atoms in total. The highest BCUT2D eigenvalue weighted by atomic mass is 16.4. The molecule has 0 atom stereocenters. The summed E-state index contributed by atoms with van der Waals surface area (Å²) in [7, 11) is 0. The van der Waals surface area contributed by atoms with Crippen LogP contribution in [0.3, 0.4) is 0 Å². The van der Waals surface area contributed by atoms with Crippen molar-refractivity contribution in [1.82, 2.24) is 0 Å². The van der Waals surface area contributed by atoms with Gasteiger partial charge in [-0.05, 0) is 30.5 Å². The molecule has 0 unspecified atom stereocenters. The summed E-state index contributed by atoms with van der Waals surface area (Å²) in [5.41, 5.74) is 2.15. The van der Waals surface area contributed by atoms with Crippen LogP contribution in [0.4, 0.5) is 17.1 Å². The number of nitrogens with one attached hydrogen (secondary N) is 1. The first-order valence-corrected chi connectivity index (χ1v) is 8.90. The van der Waals surface area contributed by atoms with Gasteiger partial charge in [-0.2, -0.15) is 0 Å². The quantitative estimate of drug-likeness (QED) is 0.317. The SMILES string of the molecule is CCN(C(=N)N1c2cc3cccc1c3oc2=O)c1cccc2ccccc12. The fourth-order valence-corrected chi connectivity index (χ4v) is 3.81. The van der Waals surface area contributed by atoms with Crippen LogP contribution in [-0.2, 0) is 0 Å². The average Bonchev–Trinajstić information content (AvgIpc) is 2.68. The van der Waals surface area contributed by atoms with Gasteiger partial charge in [-0.3, -0.25) is 10.3 Å². The standard InChI is InChI=1S/C22H17N3O2/c1-2-24(17-11-5-8-14-7-3-4-10-16(14)17)22(23)25-18-12-6-9-15-13-19(25)21(26)27-20(15)18/h3-13,23H,2H2,1H3. The van der Waals surface area contributed by atoms with Crippen molar-refractivity contribution in [2.24, 2.45) is 0 Å². The van der Waals surface area contributed by atoms with E-state index in [9.17, 15) is 4.79 Å². The second kappa shape index (κ2) is 5.71. The molecule has 27 heavy (non-hydrogen) atoms. The number of benzene rings is 3. The molecular formula is C22H17N3O2. The molecule has 0 saturated carbocycles. The van der Waals surface area contributed by atoms with E-state index in [1.807, 2.05) is 54.3 Å². The number of para-hydroxylation sites is 1. The molecule has 5 heteroatoms. The minimum absolute atomic E-state index is 0.231. The normalized spacial score (nSPS) is 12.3. The Morgan fingerprint density at radius 2 is 1.74 bits per heavy atom. The van der Waals surface area contributed by atoms with Crippen LogP contribution in [-0.4, -0.2) is 12.5 Å². The van der Waals surface area contributed by atoms with E-state index in [-0.39, 0.29) is 5.96 Å². The molecule has 4 bridgehead atoms. The summed E-state index contributed by atoms with van der Waals surface area (Å²) in [5, 5.41) is 12.0. The van der Waals surface area contributed by atoms with Crippen LogP contribution in [0.15, 0.2) is 75.9 Å². The number of hydrogen-bond donors (Lipinski definition) is 1. The van der Waals surface area contributed by atoms with E-state index >= 15 is 0 Å². The smallest absolute Gasteiger partial charge is 0.360 e. The minimum Gasteiger partial charge on any atom is -0.419 e.